The standard InChI is InChI=1S/C9H15NO3/c1-7(8-3-2-6-13-8)10-5-4-9(11)12/h4-5,7-8,10H,2-3,6H2,1H3,(H,11,12)/b5-4+. The van der Waals surface area contributed by atoms with Crippen molar-refractivity contribution < 1.29 is 14.6 Å². The first kappa shape index (κ1) is 10.1. The van der Waals surface area contributed by atoms with E-state index in [2.05, 4.69) is 5.32 Å². The van der Waals surface area contributed by atoms with Crippen LogP contribution in [0.25, 0.3) is 0 Å². The number of hydrogen-bond donors (Lipinski definition) is 2. The first-order chi connectivity index (χ1) is 6.20. The Hall–Kier alpha value is -1.03. The third-order valence-electron chi connectivity index (χ3n) is 2.11. The minimum atomic E-state index is -0.938. The molecule has 4 nitrogen and oxygen atoms in total. The number of hydrogen-bond acceptors (Lipinski definition) is 3. The molecule has 0 aliphatic carbocycles. The zero-order valence-electron chi connectivity index (χ0n) is 7.69. The second-order valence-electron chi connectivity index (χ2n) is 3.18. The lowest BCUT2D eigenvalue weighted by Gasteiger charge is -2.18. The quantitative estimate of drug-likeness (QED) is 0.634. The molecule has 1 saturated heterocycles. The molecule has 0 saturated carbocycles. The van der Waals surface area contributed by atoms with Crippen LogP contribution >= 0.6 is 0 Å². The van der Waals surface area contributed by atoms with E-state index < -0.39 is 5.97 Å². The van der Waals surface area contributed by atoms with E-state index in [1.807, 2.05) is 6.92 Å². The lowest BCUT2D eigenvalue weighted by molar-refractivity contribution is -0.131. The van der Waals surface area contributed by atoms with Crippen molar-refractivity contribution in [1.82, 2.24) is 5.32 Å². The molecule has 1 heterocycles. The predicted molar refractivity (Wildman–Crippen MR) is 48.3 cm³/mol. The maximum atomic E-state index is 10.1. The SMILES string of the molecule is CC(N/C=C/C(=O)O)C1CCCO1. The second kappa shape index (κ2) is 4.87. The number of carboxylic acid groups (broad SMARTS) is 1. The summed E-state index contributed by atoms with van der Waals surface area (Å²) in [5, 5.41) is 11.3. The van der Waals surface area contributed by atoms with E-state index >= 15 is 0 Å². The van der Waals surface area contributed by atoms with Gasteiger partial charge in [-0.1, -0.05) is 0 Å². The summed E-state index contributed by atoms with van der Waals surface area (Å²) in [6.45, 7) is 2.81. The van der Waals surface area contributed by atoms with Crippen molar-refractivity contribution >= 4 is 5.97 Å². The van der Waals surface area contributed by atoms with Gasteiger partial charge in [0.1, 0.15) is 0 Å². The van der Waals surface area contributed by atoms with Gasteiger partial charge >= 0.3 is 5.97 Å². The Morgan fingerprint density at radius 1 is 1.77 bits per heavy atom. The lowest BCUT2D eigenvalue weighted by Crippen LogP contribution is -2.33. The highest BCUT2D eigenvalue weighted by atomic mass is 16.5. The van der Waals surface area contributed by atoms with Gasteiger partial charge in [-0.25, -0.2) is 4.79 Å². The van der Waals surface area contributed by atoms with Gasteiger partial charge in [0.2, 0.25) is 0 Å². The summed E-state index contributed by atoms with van der Waals surface area (Å²) in [4.78, 5) is 10.1. The van der Waals surface area contributed by atoms with E-state index in [4.69, 9.17) is 9.84 Å². The summed E-state index contributed by atoms with van der Waals surface area (Å²) in [6, 6.07) is 0.179. The van der Waals surface area contributed by atoms with E-state index in [1.54, 1.807) is 0 Å². The van der Waals surface area contributed by atoms with Gasteiger partial charge in [0, 0.05) is 24.9 Å². The van der Waals surface area contributed by atoms with Crippen molar-refractivity contribution in [3.63, 3.8) is 0 Å². The number of ether oxygens (including phenoxy) is 1. The zero-order valence-corrected chi connectivity index (χ0v) is 7.69. The van der Waals surface area contributed by atoms with Gasteiger partial charge in [0.25, 0.3) is 0 Å². The first-order valence-electron chi connectivity index (χ1n) is 4.47. The average molecular weight is 185 g/mol. The molecule has 2 unspecified atom stereocenters. The van der Waals surface area contributed by atoms with Gasteiger partial charge in [-0.05, 0) is 19.8 Å². The number of rotatable bonds is 4. The van der Waals surface area contributed by atoms with Crippen molar-refractivity contribution in [3.05, 3.63) is 12.3 Å². The molecular weight excluding hydrogens is 170 g/mol. The summed E-state index contributed by atoms with van der Waals surface area (Å²) in [6.07, 6.45) is 4.91. The molecule has 0 aromatic rings. The van der Waals surface area contributed by atoms with E-state index in [-0.39, 0.29) is 12.1 Å². The van der Waals surface area contributed by atoms with Gasteiger partial charge in [0.15, 0.2) is 0 Å². The van der Waals surface area contributed by atoms with Gasteiger partial charge in [-0.15, -0.1) is 0 Å². The first-order valence-corrected chi connectivity index (χ1v) is 4.47. The minimum absolute atomic E-state index is 0.179. The zero-order chi connectivity index (χ0) is 9.68. The number of carboxylic acids is 1. The van der Waals surface area contributed by atoms with Crippen molar-refractivity contribution in [2.45, 2.75) is 31.9 Å². The van der Waals surface area contributed by atoms with Crippen LogP contribution in [0.1, 0.15) is 19.8 Å². The van der Waals surface area contributed by atoms with Crippen LogP contribution in [0.3, 0.4) is 0 Å². The smallest absolute Gasteiger partial charge is 0.329 e. The summed E-state index contributed by atoms with van der Waals surface area (Å²) in [5.41, 5.74) is 0. The van der Waals surface area contributed by atoms with Crippen LogP contribution < -0.4 is 5.32 Å². The van der Waals surface area contributed by atoms with Gasteiger partial charge in [-0.3, -0.25) is 0 Å². The summed E-state index contributed by atoms with van der Waals surface area (Å²) < 4.78 is 5.43. The van der Waals surface area contributed by atoms with E-state index in [9.17, 15) is 4.79 Å². The Kier molecular flexibility index (Phi) is 3.76. The Labute approximate surface area is 77.6 Å². The monoisotopic (exact) mass is 185 g/mol. The summed E-state index contributed by atoms with van der Waals surface area (Å²) in [5.74, 6) is -0.938. The van der Waals surface area contributed by atoms with Gasteiger partial charge < -0.3 is 15.2 Å². The Bertz CT molecular complexity index is 197. The number of nitrogens with one attached hydrogen (secondary N) is 1. The molecule has 1 aliphatic rings. The highest BCUT2D eigenvalue weighted by molar-refractivity contribution is 5.79. The molecule has 0 aromatic heterocycles. The molecule has 2 N–H and O–H groups in total. The second-order valence-corrected chi connectivity index (χ2v) is 3.18. The Morgan fingerprint density at radius 2 is 2.54 bits per heavy atom. The van der Waals surface area contributed by atoms with Crippen LogP contribution in [0.2, 0.25) is 0 Å². The highest BCUT2D eigenvalue weighted by Crippen LogP contribution is 2.15. The fourth-order valence-corrected chi connectivity index (χ4v) is 1.38. The van der Waals surface area contributed by atoms with Crippen LogP contribution in [0.15, 0.2) is 12.3 Å². The van der Waals surface area contributed by atoms with E-state index in [0.29, 0.717) is 0 Å². The van der Waals surface area contributed by atoms with Crippen molar-refractivity contribution in [3.8, 4) is 0 Å². The Morgan fingerprint density at radius 3 is 3.08 bits per heavy atom. The molecule has 4 heteroatoms. The topological polar surface area (TPSA) is 58.6 Å². The van der Waals surface area contributed by atoms with Crippen LogP contribution in [0, 0.1) is 0 Å². The Balaban J connectivity index is 2.23. The van der Waals surface area contributed by atoms with Crippen LogP contribution in [0.5, 0.6) is 0 Å². The molecule has 1 aliphatic heterocycles. The van der Waals surface area contributed by atoms with E-state index in [0.717, 1.165) is 25.5 Å². The van der Waals surface area contributed by atoms with Crippen LogP contribution in [0.4, 0.5) is 0 Å². The third-order valence-corrected chi connectivity index (χ3v) is 2.11. The maximum Gasteiger partial charge on any atom is 0.329 e. The van der Waals surface area contributed by atoms with Crippen LogP contribution in [-0.2, 0) is 9.53 Å². The molecule has 0 amide bonds. The maximum absolute atomic E-state index is 10.1. The molecule has 2 atom stereocenters. The molecule has 74 valence electrons. The molecule has 0 bridgehead atoms. The highest BCUT2D eigenvalue weighted by Gasteiger charge is 2.20. The molecule has 0 aromatic carbocycles. The molecular formula is C9H15NO3. The molecule has 13 heavy (non-hydrogen) atoms. The predicted octanol–water partition coefficient (Wildman–Crippen LogP) is 0.742. The number of carbonyl (C=O) groups is 1. The normalized spacial score (nSPS) is 24.8. The summed E-state index contributed by atoms with van der Waals surface area (Å²) in [7, 11) is 0. The van der Waals surface area contributed by atoms with Crippen molar-refractivity contribution in [2.75, 3.05) is 6.61 Å². The van der Waals surface area contributed by atoms with Gasteiger partial charge in [0.05, 0.1) is 6.10 Å². The average Bonchev–Trinajstić information content (AvgIpc) is 2.55. The van der Waals surface area contributed by atoms with Crippen LogP contribution in [-0.4, -0.2) is 29.8 Å². The largest absolute Gasteiger partial charge is 0.478 e. The molecule has 1 rings (SSSR count). The number of aliphatic carboxylic acids is 1. The fraction of sp³-hybridized carbons (Fsp3) is 0.667. The fourth-order valence-electron chi connectivity index (χ4n) is 1.38. The van der Waals surface area contributed by atoms with Crippen molar-refractivity contribution in [2.24, 2.45) is 0 Å². The third kappa shape index (κ3) is 3.46. The summed E-state index contributed by atoms with van der Waals surface area (Å²) >= 11 is 0. The van der Waals surface area contributed by atoms with Gasteiger partial charge in [-0.2, -0.15) is 0 Å². The molecule has 0 spiro atoms. The lowest BCUT2D eigenvalue weighted by atomic mass is 10.1. The molecule has 1 fully saturated rings. The minimum Gasteiger partial charge on any atom is -0.478 e. The molecule has 0 radical (unpaired) electrons. The van der Waals surface area contributed by atoms with Crippen molar-refractivity contribution in [1.29, 1.82) is 0 Å². The van der Waals surface area contributed by atoms with E-state index in [1.165, 1.54) is 6.20 Å².